The van der Waals surface area contributed by atoms with Crippen LogP contribution in [0.1, 0.15) is 43.4 Å². The van der Waals surface area contributed by atoms with Crippen molar-refractivity contribution in [3.05, 3.63) is 29.7 Å². The highest BCUT2D eigenvalue weighted by Gasteiger charge is 2.26. The fraction of sp³-hybridized carbons (Fsp3) is 0.385. The molecule has 2 rings (SSSR count). The summed E-state index contributed by atoms with van der Waals surface area (Å²) in [5.41, 5.74) is 0.931. The average Bonchev–Trinajstić information content (AvgIpc) is 2.72. The van der Waals surface area contributed by atoms with E-state index in [1.54, 1.807) is 12.1 Å². The van der Waals surface area contributed by atoms with Gasteiger partial charge in [0.25, 0.3) is 0 Å². The number of fused-ring (bicyclic) bond motifs is 1. The van der Waals surface area contributed by atoms with Crippen LogP contribution < -0.4 is 0 Å². The second kappa shape index (κ2) is 3.87. The highest BCUT2D eigenvalue weighted by molar-refractivity contribution is 5.99. The van der Waals surface area contributed by atoms with Crippen molar-refractivity contribution >= 4 is 17.1 Å². The van der Waals surface area contributed by atoms with Gasteiger partial charge in [-0.25, -0.2) is 9.78 Å². The molecule has 1 aromatic carbocycles. The summed E-state index contributed by atoms with van der Waals surface area (Å²) in [6.45, 7) is 6.10. The topological polar surface area (TPSA) is 63.3 Å². The number of oxazole rings is 1. The van der Waals surface area contributed by atoms with Crippen molar-refractivity contribution in [2.75, 3.05) is 0 Å². The Hall–Kier alpha value is -1.84. The Morgan fingerprint density at radius 3 is 2.76 bits per heavy atom. The molecule has 4 heteroatoms. The number of hydrogen-bond donors (Lipinski definition) is 1. The lowest BCUT2D eigenvalue weighted by Crippen LogP contribution is -2.15. The lowest BCUT2D eigenvalue weighted by molar-refractivity contribution is 0.0697. The smallest absolute Gasteiger partial charge is 0.339 e. The summed E-state index contributed by atoms with van der Waals surface area (Å²) < 4.78 is 5.62. The lowest BCUT2D eigenvalue weighted by atomic mass is 9.90. The first-order valence-corrected chi connectivity index (χ1v) is 5.59. The first-order chi connectivity index (χ1) is 7.95. The van der Waals surface area contributed by atoms with E-state index in [2.05, 4.69) is 4.98 Å². The zero-order chi connectivity index (χ0) is 12.6. The second-order valence-electron chi connectivity index (χ2n) is 4.72. The van der Waals surface area contributed by atoms with Crippen LogP contribution in [0.3, 0.4) is 0 Å². The SMILES string of the molecule is CCC(C)(C)c1nc2cccc(C(=O)O)c2o1. The Morgan fingerprint density at radius 1 is 1.47 bits per heavy atom. The first kappa shape index (κ1) is 11.6. The molecule has 2 aromatic rings. The van der Waals surface area contributed by atoms with Crippen molar-refractivity contribution in [3.63, 3.8) is 0 Å². The van der Waals surface area contributed by atoms with Crippen molar-refractivity contribution in [2.24, 2.45) is 0 Å². The summed E-state index contributed by atoms with van der Waals surface area (Å²) >= 11 is 0. The molecule has 4 nitrogen and oxygen atoms in total. The van der Waals surface area contributed by atoms with Crippen LogP contribution in [0.15, 0.2) is 22.6 Å². The van der Waals surface area contributed by atoms with Crippen molar-refractivity contribution in [2.45, 2.75) is 32.6 Å². The summed E-state index contributed by atoms with van der Waals surface area (Å²) in [4.78, 5) is 15.4. The van der Waals surface area contributed by atoms with E-state index in [-0.39, 0.29) is 11.0 Å². The zero-order valence-electron chi connectivity index (χ0n) is 10.2. The fourth-order valence-electron chi connectivity index (χ4n) is 1.56. The van der Waals surface area contributed by atoms with Gasteiger partial charge in [-0.1, -0.05) is 26.8 Å². The molecule has 0 fully saturated rings. The third-order valence-corrected chi connectivity index (χ3v) is 3.11. The molecule has 1 heterocycles. The highest BCUT2D eigenvalue weighted by Crippen LogP contribution is 2.30. The molecular weight excluding hydrogens is 218 g/mol. The normalized spacial score (nSPS) is 11.9. The van der Waals surface area contributed by atoms with Gasteiger partial charge >= 0.3 is 5.97 Å². The number of carboxylic acid groups (broad SMARTS) is 1. The van der Waals surface area contributed by atoms with Gasteiger partial charge in [0.05, 0.1) is 0 Å². The van der Waals surface area contributed by atoms with Gasteiger partial charge in [0.2, 0.25) is 5.89 Å². The number of para-hydroxylation sites is 1. The quantitative estimate of drug-likeness (QED) is 0.884. The van der Waals surface area contributed by atoms with Gasteiger partial charge in [-0.05, 0) is 18.6 Å². The van der Waals surface area contributed by atoms with Gasteiger partial charge in [0.15, 0.2) is 5.58 Å². The molecule has 0 aliphatic carbocycles. The molecule has 0 saturated carbocycles. The molecule has 0 amide bonds. The van der Waals surface area contributed by atoms with E-state index in [1.165, 1.54) is 6.07 Å². The molecule has 0 aliphatic rings. The average molecular weight is 233 g/mol. The minimum absolute atomic E-state index is 0.160. The van der Waals surface area contributed by atoms with E-state index < -0.39 is 5.97 Å². The van der Waals surface area contributed by atoms with Gasteiger partial charge in [-0.3, -0.25) is 0 Å². The van der Waals surface area contributed by atoms with E-state index in [4.69, 9.17) is 9.52 Å². The third-order valence-electron chi connectivity index (χ3n) is 3.11. The number of nitrogens with zero attached hydrogens (tertiary/aromatic N) is 1. The minimum Gasteiger partial charge on any atom is -0.478 e. The van der Waals surface area contributed by atoms with Crippen molar-refractivity contribution < 1.29 is 14.3 Å². The third kappa shape index (κ3) is 1.90. The standard InChI is InChI=1S/C13H15NO3/c1-4-13(2,3)12-14-9-7-5-6-8(11(15)16)10(9)17-12/h5-7H,4H2,1-3H3,(H,15,16). The highest BCUT2D eigenvalue weighted by atomic mass is 16.4. The molecule has 0 spiro atoms. The maximum absolute atomic E-state index is 11.1. The van der Waals surface area contributed by atoms with E-state index in [0.717, 1.165) is 6.42 Å². The molecule has 1 aromatic heterocycles. The molecule has 0 unspecified atom stereocenters. The molecule has 0 saturated heterocycles. The van der Waals surface area contributed by atoms with E-state index >= 15 is 0 Å². The van der Waals surface area contributed by atoms with E-state index in [9.17, 15) is 4.79 Å². The predicted octanol–water partition coefficient (Wildman–Crippen LogP) is 3.21. The van der Waals surface area contributed by atoms with Crippen LogP contribution in [0.25, 0.3) is 11.1 Å². The van der Waals surface area contributed by atoms with Crippen LogP contribution in [-0.2, 0) is 5.41 Å². The summed E-state index contributed by atoms with van der Waals surface area (Å²) in [7, 11) is 0. The fourth-order valence-corrected chi connectivity index (χ4v) is 1.56. The summed E-state index contributed by atoms with van der Waals surface area (Å²) in [5.74, 6) is -0.406. The summed E-state index contributed by atoms with van der Waals surface area (Å²) in [6, 6.07) is 4.97. The number of rotatable bonds is 3. The number of carboxylic acids is 1. The van der Waals surface area contributed by atoms with E-state index in [0.29, 0.717) is 17.0 Å². The number of benzene rings is 1. The van der Waals surface area contributed by atoms with Crippen LogP contribution in [-0.4, -0.2) is 16.1 Å². The summed E-state index contributed by atoms with van der Waals surface area (Å²) in [6.07, 6.45) is 0.877. The monoisotopic (exact) mass is 233 g/mol. The van der Waals surface area contributed by atoms with Crippen LogP contribution in [0.4, 0.5) is 0 Å². The molecule has 0 bridgehead atoms. The Kier molecular flexibility index (Phi) is 2.65. The van der Waals surface area contributed by atoms with Crippen molar-refractivity contribution in [3.8, 4) is 0 Å². The molecule has 0 radical (unpaired) electrons. The van der Waals surface area contributed by atoms with Gasteiger partial charge < -0.3 is 9.52 Å². The number of aromatic carboxylic acids is 1. The van der Waals surface area contributed by atoms with Gasteiger partial charge in [0.1, 0.15) is 11.1 Å². The summed E-state index contributed by atoms with van der Waals surface area (Å²) in [5, 5.41) is 9.06. The van der Waals surface area contributed by atoms with Crippen LogP contribution >= 0.6 is 0 Å². The zero-order valence-corrected chi connectivity index (χ0v) is 10.2. The first-order valence-electron chi connectivity index (χ1n) is 5.59. The maximum Gasteiger partial charge on any atom is 0.339 e. The molecule has 0 aliphatic heterocycles. The maximum atomic E-state index is 11.1. The van der Waals surface area contributed by atoms with E-state index in [1.807, 2.05) is 20.8 Å². The molecule has 1 N–H and O–H groups in total. The van der Waals surface area contributed by atoms with Crippen molar-refractivity contribution in [1.82, 2.24) is 4.98 Å². The predicted molar refractivity (Wildman–Crippen MR) is 64.3 cm³/mol. The molecular formula is C13H15NO3. The van der Waals surface area contributed by atoms with Crippen LogP contribution in [0.2, 0.25) is 0 Å². The second-order valence-corrected chi connectivity index (χ2v) is 4.72. The lowest BCUT2D eigenvalue weighted by Gasteiger charge is -2.17. The number of carbonyl (C=O) groups is 1. The Labute approximate surface area is 99.3 Å². The van der Waals surface area contributed by atoms with Gasteiger partial charge in [0, 0.05) is 5.41 Å². The Balaban J connectivity index is 2.66. The minimum atomic E-state index is -0.993. The van der Waals surface area contributed by atoms with Crippen LogP contribution in [0.5, 0.6) is 0 Å². The largest absolute Gasteiger partial charge is 0.478 e. The number of hydrogen-bond acceptors (Lipinski definition) is 3. The molecule has 17 heavy (non-hydrogen) atoms. The van der Waals surface area contributed by atoms with Crippen LogP contribution in [0, 0.1) is 0 Å². The Bertz CT molecular complexity index is 569. The van der Waals surface area contributed by atoms with Crippen molar-refractivity contribution in [1.29, 1.82) is 0 Å². The van der Waals surface area contributed by atoms with Gasteiger partial charge in [-0.15, -0.1) is 0 Å². The molecule has 90 valence electrons. The molecule has 0 atom stereocenters. The van der Waals surface area contributed by atoms with Gasteiger partial charge in [-0.2, -0.15) is 0 Å². The Morgan fingerprint density at radius 2 is 2.18 bits per heavy atom. The number of aromatic nitrogens is 1.